The number of carbonyl (C=O) groups excluding carboxylic acids is 4. The number of anilines is 3. The standard InChI is InChI=1S/C35H46N14O13S/c36-34(37)39-9-1-2-18(28(55)46-21(11-25(53)54)30(57)47-22(14-63)33(61)62)45-29(56)20(10-24(51)52)44-23(50)8-7-19(32(59)60)42-16-5-3-15(4-6-16)40-12-17-13-41-27-26(43-17)31(58)49-35(38)48-27/h3-6,13,18-22,40,42,63H,1-2,7-12,14H2,(H,44,50)(H,45,56)(H,46,55)(H,47,57)(H,51,52)(H,53,54)(H,59,60)(H,61,62)(H4,36,37,39)(H3,38,41,48,49,58)/t18-,19-,20-,21-,22+/m0/s1. The summed E-state index contributed by atoms with van der Waals surface area (Å²) in [6.07, 6.45) is -1.72. The van der Waals surface area contributed by atoms with Gasteiger partial charge in [-0.05, 0) is 43.5 Å². The molecule has 0 aliphatic rings. The number of thiol groups is 1. The average Bonchev–Trinajstić information content (AvgIpc) is 3.20. The first-order chi connectivity index (χ1) is 29.8. The van der Waals surface area contributed by atoms with Crippen LogP contribution in [0.2, 0.25) is 0 Å². The van der Waals surface area contributed by atoms with Crippen molar-refractivity contribution < 1.29 is 58.8 Å². The van der Waals surface area contributed by atoms with Crippen LogP contribution >= 0.6 is 12.6 Å². The number of aliphatic carboxylic acids is 4. The summed E-state index contributed by atoms with van der Waals surface area (Å²) < 4.78 is 0. The van der Waals surface area contributed by atoms with Gasteiger partial charge in [-0.2, -0.15) is 17.6 Å². The third-order valence-electron chi connectivity index (χ3n) is 8.60. The number of nitrogens with two attached hydrogens (primary N) is 2. The van der Waals surface area contributed by atoms with Gasteiger partial charge in [0.15, 0.2) is 17.1 Å². The molecule has 0 saturated carbocycles. The van der Waals surface area contributed by atoms with E-state index in [0.29, 0.717) is 17.1 Å². The number of hydrogen-bond donors (Lipinski definition) is 16. The van der Waals surface area contributed by atoms with Gasteiger partial charge < -0.3 is 69.1 Å². The molecule has 3 aromatic rings. The Morgan fingerprint density at radius 3 is 1.89 bits per heavy atom. The van der Waals surface area contributed by atoms with E-state index in [4.69, 9.17) is 16.9 Å². The van der Waals surface area contributed by atoms with Gasteiger partial charge >= 0.3 is 23.9 Å². The van der Waals surface area contributed by atoms with Crippen molar-refractivity contribution in [2.24, 2.45) is 5.73 Å². The highest BCUT2D eigenvalue weighted by atomic mass is 32.1. The zero-order chi connectivity index (χ0) is 46.8. The van der Waals surface area contributed by atoms with Crippen LogP contribution in [0.4, 0.5) is 17.3 Å². The van der Waals surface area contributed by atoms with Gasteiger partial charge in [-0.3, -0.25) is 44.0 Å². The number of aromatic nitrogens is 4. The molecule has 2 heterocycles. The van der Waals surface area contributed by atoms with E-state index in [1.807, 2.05) is 5.32 Å². The average molecular weight is 903 g/mol. The molecular formula is C35H46N14O13S. The summed E-state index contributed by atoms with van der Waals surface area (Å²) in [6, 6.07) is -1.87. The van der Waals surface area contributed by atoms with Crippen LogP contribution in [-0.4, -0.2) is 136 Å². The van der Waals surface area contributed by atoms with E-state index in [2.05, 4.69) is 64.5 Å². The van der Waals surface area contributed by atoms with Crippen molar-refractivity contribution in [1.29, 1.82) is 5.41 Å². The van der Waals surface area contributed by atoms with E-state index >= 15 is 0 Å². The van der Waals surface area contributed by atoms with Crippen molar-refractivity contribution in [2.75, 3.05) is 28.7 Å². The molecule has 5 atom stereocenters. The molecule has 2 aromatic heterocycles. The smallest absolute Gasteiger partial charge is 0.327 e. The van der Waals surface area contributed by atoms with Crippen molar-refractivity contribution in [2.45, 2.75) is 75.3 Å². The number of aromatic amines is 1. The van der Waals surface area contributed by atoms with Gasteiger partial charge in [-0.1, -0.05) is 0 Å². The summed E-state index contributed by atoms with van der Waals surface area (Å²) in [6.45, 7) is 0.144. The number of guanidine groups is 1. The minimum atomic E-state index is -1.85. The Labute approximate surface area is 360 Å². The number of carboxylic acids is 4. The van der Waals surface area contributed by atoms with Crippen molar-refractivity contribution in [1.82, 2.24) is 46.5 Å². The summed E-state index contributed by atoms with van der Waals surface area (Å²) in [5.74, 6) is -11.4. The topological polar surface area (TPSA) is 449 Å². The maximum Gasteiger partial charge on any atom is 0.327 e. The molecule has 63 heavy (non-hydrogen) atoms. The number of fused-ring (bicyclic) bond motifs is 1. The lowest BCUT2D eigenvalue weighted by Crippen LogP contribution is -2.58. The molecule has 0 fully saturated rings. The van der Waals surface area contributed by atoms with Crippen molar-refractivity contribution in [3.8, 4) is 0 Å². The summed E-state index contributed by atoms with van der Waals surface area (Å²) in [5.41, 5.74) is 11.6. The fourth-order valence-electron chi connectivity index (χ4n) is 5.50. The van der Waals surface area contributed by atoms with Gasteiger partial charge in [0.1, 0.15) is 30.2 Å². The lowest BCUT2D eigenvalue weighted by molar-refractivity contribution is -0.143. The molecule has 27 nitrogen and oxygen atoms in total. The Hall–Kier alpha value is -7.78. The van der Waals surface area contributed by atoms with Crippen LogP contribution in [0, 0.1) is 5.41 Å². The first-order valence-corrected chi connectivity index (χ1v) is 19.3. The Morgan fingerprint density at radius 2 is 1.32 bits per heavy atom. The molecule has 1 aromatic carbocycles. The molecule has 28 heteroatoms. The molecule has 17 N–H and O–H groups in total. The number of amides is 4. The maximum absolute atomic E-state index is 13.4. The number of benzene rings is 1. The van der Waals surface area contributed by atoms with Crippen molar-refractivity contribution in [3.05, 3.63) is 46.5 Å². The minimum absolute atomic E-state index is 0.00357. The number of H-pyrrole nitrogens is 1. The number of rotatable bonds is 26. The highest BCUT2D eigenvalue weighted by Gasteiger charge is 2.33. The molecule has 0 bridgehead atoms. The molecule has 0 unspecified atom stereocenters. The lowest BCUT2D eigenvalue weighted by Gasteiger charge is -2.25. The second-order valence-electron chi connectivity index (χ2n) is 13.5. The predicted octanol–water partition coefficient (Wildman–Crippen LogP) is -3.28. The molecule has 4 amide bonds. The molecule has 340 valence electrons. The summed E-state index contributed by atoms with van der Waals surface area (Å²) in [7, 11) is 0. The second kappa shape index (κ2) is 23.9. The second-order valence-corrected chi connectivity index (χ2v) is 13.9. The minimum Gasteiger partial charge on any atom is -0.481 e. The van der Waals surface area contributed by atoms with Crippen LogP contribution in [0.15, 0.2) is 35.3 Å². The van der Waals surface area contributed by atoms with Crippen LogP contribution in [0.3, 0.4) is 0 Å². The summed E-state index contributed by atoms with van der Waals surface area (Å²) in [5, 5.41) is 62.3. The zero-order valence-electron chi connectivity index (χ0n) is 33.0. The zero-order valence-corrected chi connectivity index (χ0v) is 33.9. The summed E-state index contributed by atoms with van der Waals surface area (Å²) in [4.78, 5) is 126. The van der Waals surface area contributed by atoms with Gasteiger partial charge in [-0.15, -0.1) is 0 Å². The molecule has 0 radical (unpaired) electrons. The van der Waals surface area contributed by atoms with Crippen LogP contribution < -0.4 is 54.2 Å². The normalized spacial score (nSPS) is 13.2. The molecule has 0 spiro atoms. The molecule has 0 aliphatic heterocycles. The highest BCUT2D eigenvalue weighted by molar-refractivity contribution is 7.80. The predicted molar refractivity (Wildman–Crippen MR) is 223 cm³/mol. The van der Waals surface area contributed by atoms with E-state index in [0.717, 1.165) is 0 Å². The van der Waals surface area contributed by atoms with Gasteiger partial charge in [0.05, 0.1) is 31.3 Å². The fraction of sp³-hybridized carbons (Fsp3) is 0.400. The van der Waals surface area contributed by atoms with Crippen molar-refractivity contribution >= 4 is 94.6 Å². The molecule has 0 saturated heterocycles. The fourth-order valence-corrected chi connectivity index (χ4v) is 5.75. The number of nitrogens with zero attached hydrogens (tertiary/aromatic N) is 3. The van der Waals surface area contributed by atoms with E-state index in [9.17, 15) is 63.6 Å². The Morgan fingerprint density at radius 1 is 0.762 bits per heavy atom. The van der Waals surface area contributed by atoms with E-state index in [-0.39, 0.29) is 55.2 Å². The van der Waals surface area contributed by atoms with Crippen LogP contribution in [0.25, 0.3) is 11.2 Å². The Balaban J connectivity index is 1.66. The van der Waals surface area contributed by atoms with Gasteiger partial charge in [0.2, 0.25) is 29.6 Å². The van der Waals surface area contributed by atoms with Gasteiger partial charge in [-0.25, -0.2) is 19.6 Å². The van der Waals surface area contributed by atoms with Crippen LogP contribution in [0.5, 0.6) is 0 Å². The number of carboxylic acid groups (broad SMARTS) is 4. The Kier molecular flexibility index (Phi) is 18.8. The molecular weight excluding hydrogens is 857 g/mol. The first-order valence-electron chi connectivity index (χ1n) is 18.7. The number of nitrogen functional groups attached to an aromatic ring is 1. The highest BCUT2D eigenvalue weighted by Crippen LogP contribution is 2.17. The number of nitrogens with one attached hydrogen (secondary N) is 9. The van der Waals surface area contributed by atoms with Crippen LogP contribution in [-0.2, 0) is 44.9 Å². The van der Waals surface area contributed by atoms with Gasteiger partial charge in [0, 0.05) is 30.1 Å². The number of carbonyl (C=O) groups is 8. The number of hydrogen-bond acceptors (Lipinski definition) is 17. The Bertz CT molecular complexity index is 2240. The largest absolute Gasteiger partial charge is 0.481 e. The van der Waals surface area contributed by atoms with E-state index in [1.54, 1.807) is 24.3 Å². The third kappa shape index (κ3) is 16.7. The molecule has 3 rings (SSSR count). The summed E-state index contributed by atoms with van der Waals surface area (Å²) >= 11 is 3.82. The van der Waals surface area contributed by atoms with E-state index in [1.165, 1.54) is 6.20 Å². The SMILES string of the molecule is N=C(N)NCCC[C@H](NC(=O)[C@H](CC(=O)O)NC(=O)CC[C@H](Nc1ccc(NCc2cnc3nc(N)[nH]c(=O)c3n2)cc1)C(=O)O)C(=O)N[C@@H](CC(=O)O)C(=O)N[C@H](CS)C(=O)O. The first kappa shape index (κ1) is 49.6. The molecule has 0 aliphatic carbocycles. The van der Waals surface area contributed by atoms with E-state index < -0.39 is 108 Å². The van der Waals surface area contributed by atoms with Gasteiger partial charge in [0.25, 0.3) is 5.56 Å². The lowest BCUT2D eigenvalue weighted by atomic mass is 10.1. The van der Waals surface area contributed by atoms with Crippen LogP contribution in [0.1, 0.15) is 44.2 Å². The third-order valence-corrected chi connectivity index (χ3v) is 8.97. The quantitative estimate of drug-likeness (QED) is 0.0162. The van der Waals surface area contributed by atoms with Crippen molar-refractivity contribution in [3.63, 3.8) is 0 Å². The monoisotopic (exact) mass is 902 g/mol. The maximum atomic E-state index is 13.4.